The van der Waals surface area contributed by atoms with Crippen LogP contribution in [0.2, 0.25) is 0 Å². The first-order valence-corrected chi connectivity index (χ1v) is 30.0. The van der Waals surface area contributed by atoms with E-state index in [1.807, 2.05) is 17.9 Å². The summed E-state index contributed by atoms with van der Waals surface area (Å²) in [6.45, 7) is 8.48. The number of aryl methyl sites for hydroxylation is 2. The molecule has 0 spiro atoms. The first-order valence-electron chi connectivity index (χ1n) is 24.6. The quantitative estimate of drug-likeness (QED) is 0.0904. The predicted molar refractivity (Wildman–Crippen MR) is 313 cm³/mol. The summed E-state index contributed by atoms with van der Waals surface area (Å²) < 4.78 is 14.1. The van der Waals surface area contributed by atoms with Crippen molar-refractivity contribution in [3.63, 3.8) is 0 Å². The maximum absolute atomic E-state index is 5.74. The normalized spacial score (nSPS) is 14.6. The van der Waals surface area contributed by atoms with Crippen LogP contribution in [0.25, 0.3) is 77.6 Å². The van der Waals surface area contributed by atoms with Crippen molar-refractivity contribution in [3.05, 3.63) is 231 Å². The molecule has 1 saturated carbocycles. The Morgan fingerprint density at radius 1 is 0.548 bits per heavy atom. The van der Waals surface area contributed by atoms with Crippen LogP contribution in [0.15, 0.2) is 210 Å². The molecule has 0 unspecified atom stereocenters. The third-order valence-electron chi connectivity index (χ3n) is 13.6. The summed E-state index contributed by atoms with van der Waals surface area (Å²) in [5, 5.41) is 5.13. The average molecular weight is 1190 g/mol. The van der Waals surface area contributed by atoms with Crippen LogP contribution >= 0.6 is 41.7 Å². The number of nitrogens with zero attached hydrogens (tertiary/aromatic N) is 4. The standard InChI is InChI=1S/C64H51N4PS3.Os/c1-6-18-53-37-39-55(70-53)57-61-62(66-60(47-33-29-43(4)30-34-47)59(65-61)46-31-27-42(3)28-32-46)58(64-63(57)67-72-68-64)56-40-38-54(71-56)36-35-48(41-49-20-17-19-45(49)7-2)44(5)69(50-21-11-8-12-22-50,51-23-13-9-14-24-51)52-25-15-10-16-26-52;/h6-16,18,21-41H,17,19-20H2,1-4H3;/q+1;/b18-6+,36-35+,45-7?,48-44?,49-41?;. The molecular formula is C64H51N4OsPS3+. The minimum absolute atomic E-state index is 0.812. The van der Waals surface area contributed by atoms with Gasteiger partial charge in [0.2, 0.25) is 0 Å². The van der Waals surface area contributed by atoms with Gasteiger partial charge in [0.05, 0.1) is 5.69 Å². The molecule has 0 saturated heterocycles. The Kier molecular flexibility index (Phi) is 14.3. The van der Waals surface area contributed by atoms with Crippen molar-refractivity contribution in [3.8, 4) is 47.8 Å². The second kappa shape index (κ2) is 21.5. The molecule has 357 valence electrons. The van der Waals surface area contributed by atoms with Gasteiger partial charge in [-0.15, -0.1) is 11.3 Å². The molecule has 6 aromatic carbocycles. The second-order valence-electron chi connectivity index (χ2n) is 18.2. The molecule has 0 atom stereocenters. The fourth-order valence-corrected chi connectivity index (χ4v) is 18.4. The van der Waals surface area contributed by atoms with Gasteiger partial charge in [0.15, 0.2) is 0 Å². The zero-order chi connectivity index (χ0) is 49.9. The fraction of sp³-hybridized carbons (Fsp3) is 0.109. The topological polar surface area (TPSA) is 51.6 Å². The van der Waals surface area contributed by atoms with E-state index in [0.717, 1.165) is 89.6 Å². The van der Waals surface area contributed by atoms with Crippen LogP contribution in [0.1, 0.15) is 54.0 Å². The summed E-state index contributed by atoms with van der Waals surface area (Å²) in [6.07, 6.45) is 17.0. The van der Waals surface area contributed by atoms with Gasteiger partial charge in [-0.3, -0.25) is 0 Å². The second-order valence-corrected chi connectivity index (χ2v) is 24.9. The zero-order valence-corrected chi connectivity index (χ0v) is 46.9. The van der Waals surface area contributed by atoms with E-state index < -0.39 is 7.26 Å². The molecule has 4 aromatic heterocycles. The third-order valence-corrected chi connectivity index (χ3v) is 21.7. The summed E-state index contributed by atoms with van der Waals surface area (Å²) in [5.41, 5.74) is 15.3. The van der Waals surface area contributed by atoms with Crippen molar-refractivity contribution in [1.29, 1.82) is 0 Å². The molecule has 73 heavy (non-hydrogen) atoms. The first-order chi connectivity index (χ1) is 35.9. The molecule has 1 aliphatic rings. The van der Waals surface area contributed by atoms with Crippen LogP contribution in [-0.4, -0.2) is 18.7 Å². The van der Waals surface area contributed by atoms with E-state index in [9.17, 15) is 0 Å². The summed E-state index contributed by atoms with van der Waals surface area (Å²) >= 11 is 6.58. The van der Waals surface area contributed by atoms with Crippen LogP contribution in [-0.2, 0) is 17.9 Å². The van der Waals surface area contributed by atoms with E-state index in [0.29, 0.717) is 0 Å². The van der Waals surface area contributed by atoms with Crippen molar-refractivity contribution in [2.24, 2.45) is 0 Å². The van der Waals surface area contributed by atoms with Gasteiger partial charge in [0.25, 0.3) is 0 Å². The third kappa shape index (κ3) is 9.39. The van der Waals surface area contributed by atoms with E-state index in [1.165, 1.54) is 65.7 Å². The van der Waals surface area contributed by atoms with Crippen molar-refractivity contribution < 1.29 is 17.9 Å². The minimum atomic E-state index is -2.48. The number of thiophene rings is 2. The van der Waals surface area contributed by atoms with Crippen LogP contribution in [0.3, 0.4) is 0 Å². The zero-order valence-electron chi connectivity index (χ0n) is 41.0. The Hall–Kier alpha value is -6.57. The van der Waals surface area contributed by atoms with E-state index >= 15 is 0 Å². The molecule has 4 nitrogen and oxygen atoms in total. The number of hydrogen-bond donors (Lipinski definition) is 0. The molecule has 0 aliphatic heterocycles. The van der Waals surface area contributed by atoms with Gasteiger partial charge in [-0.2, -0.15) is 0 Å². The Bertz CT molecular complexity index is 3760. The molecule has 0 bridgehead atoms. The maximum atomic E-state index is 5.74. The molecule has 0 N–H and O–H groups in total. The van der Waals surface area contributed by atoms with Gasteiger partial charge in [0, 0.05) is 20.9 Å². The molecule has 1 aliphatic carbocycles. The number of allylic oxidation sites excluding steroid dienone is 8. The molecule has 0 radical (unpaired) electrons. The van der Waals surface area contributed by atoms with Crippen molar-refractivity contribution in [2.45, 2.75) is 47.0 Å². The number of aromatic nitrogens is 4. The summed E-state index contributed by atoms with van der Waals surface area (Å²) in [4.78, 5) is 15.9. The SMILES string of the molecule is CC=C1CCCC1=CC(/C=C/c1ccc(-c2c3nsnc3c(-c3ccc(/C=C/C)s3)c3nc(-c4ccc(C)cc4)c(-c4ccc(C)cc4)nc23)s1)=C([C]#[Os])[P+](c1ccccc1)(c1ccccc1)c1ccccc1. The van der Waals surface area contributed by atoms with Crippen molar-refractivity contribution in [1.82, 2.24) is 18.7 Å². The van der Waals surface area contributed by atoms with E-state index in [4.69, 9.17) is 18.7 Å². The first kappa shape index (κ1) is 48.7. The summed E-state index contributed by atoms with van der Waals surface area (Å²) in [6, 6.07) is 59.5. The van der Waals surface area contributed by atoms with Gasteiger partial charge < -0.3 is 0 Å². The number of rotatable bonds is 12. The van der Waals surface area contributed by atoms with Crippen LogP contribution in [0.5, 0.6) is 0 Å². The molecule has 10 aromatic rings. The molecule has 0 amide bonds. The molecule has 4 heterocycles. The summed E-state index contributed by atoms with van der Waals surface area (Å²) in [7, 11) is -2.48. The molecule has 9 heteroatoms. The Labute approximate surface area is 450 Å². The predicted octanol–water partition coefficient (Wildman–Crippen LogP) is 16.9. The van der Waals surface area contributed by atoms with E-state index in [-0.39, 0.29) is 0 Å². The van der Waals surface area contributed by atoms with E-state index in [1.54, 1.807) is 22.7 Å². The van der Waals surface area contributed by atoms with Crippen molar-refractivity contribution in [2.75, 3.05) is 0 Å². The van der Waals surface area contributed by atoms with Gasteiger partial charge in [-0.05, 0) is 39.0 Å². The summed E-state index contributed by atoms with van der Waals surface area (Å²) in [5.74, 6) is 0. The number of fused-ring (bicyclic) bond motifs is 2. The van der Waals surface area contributed by atoms with Gasteiger partial charge in [-0.1, -0.05) is 65.7 Å². The average Bonchev–Trinajstić information content (AvgIpc) is 4.29. The Morgan fingerprint density at radius 3 is 1.47 bits per heavy atom. The Balaban J connectivity index is 1.15. The molecule has 11 rings (SSSR count). The van der Waals surface area contributed by atoms with Gasteiger partial charge in [-0.25, -0.2) is 0 Å². The van der Waals surface area contributed by atoms with Crippen LogP contribution in [0, 0.1) is 18.2 Å². The van der Waals surface area contributed by atoms with Crippen LogP contribution in [0.4, 0.5) is 0 Å². The van der Waals surface area contributed by atoms with E-state index in [2.05, 4.69) is 232 Å². The number of benzene rings is 6. The number of hydrogen-bond acceptors (Lipinski definition) is 7. The molecule has 1 fully saturated rings. The Morgan fingerprint density at radius 2 is 1.01 bits per heavy atom. The molecular weight excluding hydrogens is 1140 g/mol. The van der Waals surface area contributed by atoms with Gasteiger partial charge >= 0.3 is 312 Å². The van der Waals surface area contributed by atoms with Gasteiger partial charge in [0.1, 0.15) is 0 Å². The monoisotopic (exact) mass is 1190 g/mol. The van der Waals surface area contributed by atoms with Crippen LogP contribution < -0.4 is 15.9 Å². The fourth-order valence-electron chi connectivity index (χ4n) is 10.1. The van der Waals surface area contributed by atoms with Crippen molar-refractivity contribution >= 4 is 91.8 Å².